The molecule has 0 unspecified atom stereocenters. The Labute approximate surface area is 147 Å². The van der Waals surface area contributed by atoms with Crippen LogP contribution in [0.4, 0.5) is 5.69 Å². The molecule has 0 fully saturated rings. The molecule has 0 bridgehead atoms. The number of aromatic nitrogens is 2. The van der Waals surface area contributed by atoms with E-state index < -0.39 is 17.1 Å². The van der Waals surface area contributed by atoms with E-state index >= 15 is 0 Å². The van der Waals surface area contributed by atoms with Gasteiger partial charge in [-0.3, -0.25) is 19.1 Å². The summed E-state index contributed by atoms with van der Waals surface area (Å²) in [5.41, 5.74) is 0.396. The average Bonchev–Trinajstić information content (AvgIpc) is 2.67. The van der Waals surface area contributed by atoms with Gasteiger partial charge in [0.25, 0.3) is 11.5 Å². The van der Waals surface area contributed by atoms with Crippen molar-refractivity contribution in [1.29, 1.82) is 0 Å². The van der Waals surface area contributed by atoms with Gasteiger partial charge < -0.3 is 5.11 Å². The van der Waals surface area contributed by atoms with Gasteiger partial charge in [0, 0.05) is 11.8 Å². The van der Waals surface area contributed by atoms with Crippen LogP contribution in [0.1, 0.15) is 26.5 Å². The standard InChI is InChI=1S/C19H13N3O4/c23-17(12-6-2-1-3-7-12)21-11-16-20-10-13(19(25)26)18(24)22(16)15-9-5-4-8-14(15)21/h1-10H,11H2,(H,25,26). The van der Waals surface area contributed by atoms with Gasteiger partial charge in [-0.05, 0) is 24.3 Å². The van der Waals surface area contributed by atoms with Crippen molar-refractivity contribution < 1.29 is 14.7 Å². The quantitative estimate of drug-likeness (QED) is 0.766. The summed E-state index contributed by atoms with van der Waals surface area (Å²) in [6.45, 7) is 0.0693. The van der Waals surface area contributed by atoms with Crippen LogP contribution in [0.15, 0.2) is 65.6 Å². The van der Waals surface area contributed by atoms with E-state index in [9.17, 15) is 19.5 Å². The molecule has 0 radical (unpaired) electrons. The van der Waals surface area contributed by atoms with Gasteiger partial charge in [-0.1, -0.05) is 30.3 Å². The van der Waals surface area contributed by atoms with Crippen molar-refractivity contribution in [3.63, 3.8) is 0 Å². The van der Waals surface area contributed by atoms with E-state index in [-0.39, 0.29) is 12.5 Å². The van der Waals surface area contributed by atoms with Crippen LogP contribution >= 0.6 is 0 Å². The van der Waals surface area contributed by atoms with Crippen LogP contribution in [0.2, 0.25) is 0 Å². The number of aromatic carboxylic acids is 1. The number of carboxylic acids is 1. The molecule has 128 valence electrons. The second kappa shape index (κ2) is 5.96. The fraction of sp³-hybridized carbons (Fsp3) is 0.0526. The molecule has 1 N–H and O–H groups in total. The van der Waals surface area contributed by atoms with Crippen LogP contribution in [0.5, 0.6) is 0 Å². The minimum Gasteiger partial charge on any atom is -0.477 e. The molecule has 4 rings (SSSR count). The third-order valence-electron chi connectivity index (χ3n) is 4.24. The van der Waals surface area contributed by atoms with E-state index in [1.165, 1.54) is 9.47 Å². The summed E-state index contributed by atoms with van der Waals surface area (Å²) < 4.78 is 1.26. The molecule has 1 amide bonds. The van der Waals surface area contributed by atoms with E-state index in [1.807, 2.05) is 6.07 Å². The lowest BCUT2D eigenvalue weighted by molar-refractivity contribution is 0.0693. The fourth-order valence-corrected chi connectivity index (χ4v) is 3.02. The Morgan fingerprint density at radius 1 is 0.962 bits per heavy atom. The molecule has 1 aliphatic heterocycles. The van der Waals surface area contributed by atoms with Gasteiger partial charge >= 0.3 is 5.97 Å². The molecule has 0 spiro atoms. The van der Waals surface area contributed by atoms with E-state index in [4.69, 9.17) is 0 Å². The lowest BCUT2D eigenvalue weighted by atomic mass is 10.1. The zero-order valence-electron chi connectivity index (χ0n) is 13.5. The lowest BCUT2D eigenvalue weighted by Crippen LogP contribution is -2.40. The molecule has 26 heavy (non-hydrogen) atoms. The monoisotopic (exact) mass is 347 g/mol. The Hall–Kier alpha value is -3.74. The minimum absolute atomic E-state index is 0.0693. The molecule has 7 nitrogen and oxygen atoms in total. The van der Waals surface area contributed by atoms with Crippen molar-refractivity contribution >= 4 is 17.6 Å². The van der Waals surface area contributed by atoms with Gasteiger partial charge in [-0.2, -0.15) is 0 Å². The number of amides is 1. The molecular weight excluding hydrogens is 334 g/mol. The highest BCUT2D eigenvalue weighted by Gasteiger charge is 2.29. The number of fused-ring (bicyclic) bond motifs is 3. The minimum atomic E-state index is -1.34. The van der Waals surface area contributed by atoms with E-state index in [0.717, 1.165) is 6.20 Å². The van der Waals surface area contributed by atoms with Gasteiger partial charge in [0.15, 0.2) is 0 Å². The predicted octanol–water partition coefficient (Wildman–Crippen LogP) is 2.09. The summed E-state index contributed by atoms with van der Waals surface area (Å²) in [5.74, 6) is -1.25. The number of rotatable bonds is 2. The maximum absolute atomic E-state index is 12.9. The summed E-state index contributed by atoms with van der Waals surface area (Å²) in [6, 6.07) is 15.7. The Bertz CT molecular complexity index is 1090. The summed E-state index contributed by atoms with van der Waals surface area (Å²) in [5, 5.41) is 9.19. The van der Waals surface area contributed by atoms with E-state index in [1.54, 1.807) is 48.5 Å². The zero-order chi connectivity index (χ0) is 18.3. The molecular formula is C19H13N3O4. The predicted molar refractivity (Wildman–Crippen MR) is 93.7 cm³/mol. The normalized spacial score (nSPS) is 12.2. The molecule has 2 heterocycles. The zero-order valence-corrected chi connectivity index (χ0v) is 13.5. The third-order valence-corrected chi connectivity index (χ3v) is 4.24. The Balaban J connectivity index is 1.90. The largest absolute Gasteiger partial charge is 0.477 e. The molecule has 0 atom stereocenters. The Kier molecular flexibility index (Phi) is 3.62. The van der Waals surface area contributed by atoms with Crippen LogP contribution in [0.3, 0.4) is 0 Å². The number of benzene rings is 2. The van der Waals surface area contributed by atoms with Gasteiger partial charge in [-0.25, -0.2) is 9.78 Å². The fourth-order valence-electron chi connectivity index (χ4n) is 3.02. The van der Waals surface area contributed by atoms with Crippen LogP contribution in [0.25, 0.3) is 5.69 Å². The molecule has 0 aliphatic carbocycles. The van der Waals surface area contributed by atoms with Crippen LogP contribution < -0.4 is 10.5 Å². The van der Waals surface area contributed by atoms with Crippen molar-refractivity contribution in [2.75, 3.05) is 4.90 Å². The smallest absolute Gasteiger partial charge is 0.342 e. The SMILES string of the molecule is O=C(O)c1cnc2n(c1=O)-c1ccccc1N(C(=O)c1ccccc1)C2. The van der Waals surface area contributed by atoms with Crippen molar-refractivity contribution in [2.45, 2.75) is 6.54 Å². The topological polar surface area (TPSA) is 92.5 Å². The second-order valence-electron chi connectivity index (χ2n) is 5.78. The van der Waals surface area contributed by atoms with Crippen LogP contribution in [-0.2, 0) is 6.54 Å². The molecule has 1 aliphatic rings. The van der Waals surface area contributed by atoms with Crippen molar-refractivity contribution in [3.05, 3.63) is 88.1 Å². The summed E-state index contributed by atoms with van der Waals surface area (Å²) in [6.07, 6.45) is 1.04. The van der Waals surface area contributed by atoms with Crippen LogP contribution in [0, 0.1) is 0 Å². The number of carboxylic acid groups (broad SMARTS) is 1. The van der Waals surface area contributed by atoms with Crippen molar-refractivity contribution in [2.24, 2.45) is 0 Å². The van der Waals surface area contributed by atoms with Crippen LogP contribution in [-0.4, -0.2) is 26.5 Å². The van der Waals surface area contributed by atoms with Gasteiger partial charge in [0.2, 0.25) is 0 Å². The molecule has 0 saturated carbocycles. The van der Waals surface area contributed by atoms with Crippen molar-refractivity contribution in [3.8, 4) is 5.69 Å². The number of anilines is 1. The van der Waals surface area contributed by atoms with E-state index in [0.29, 0.717) is 22.8 Å². The second-order valence-corrected chi connectivity index (χ2v) is 5.78. The first kappa shape index (κ1) is 15.8. The Morgan fingerprint density at radius 2 is 1.62 bits per heavy atom. The average molecular weight is 347 g/mol. The summed E-state index contributed by atoms with van der Waals surface area (Å²) in [4.78, 5) is 42.5. The van der Waals surface area contributed by atoms with E-state index in [2.05, 4.69) is 4.98 Å². The first-order valence-corrected chi connectivity index (χ1v) is 7.88. The number of carbonyl (C=O) groups is 2. The first-order chi connectivity index (χ1) is 12.6. The molecule has 2 aromatic carbocycles. The van der Waals surface area contributed by atoms with Gasteiger partial charge in [0.05, 0.1) is 17.9 Å². The highest BCUT2D eigenvalue weighted by Crippen LogP contribution is 2.31. The molecule has 3 aromatic rings. The molecule has 0 saturated heterocycles. The number of nitrogens with zero attached hydrogens (tertiary/aromatic N) is 3. The number of para-hydroxylation sites is 2. The van der Waals surface area contributed by atoms with Gasteiger partial charge in [0.1, 0.15) is 11.4 Å². The van der Waals surface area contributed by atoms with Crippen molar-refractivity contribution in [1.82, 2.24) is 9.55 Å². The highest BCUT2D eigenvalue weighted by atomic mass is 16.4. The number of carbonyl (C=O) groups excluding carboxylic acids is 1. The lowest BCUT2D eigenvalue weighted by Gasteiger charge is -2.31. The summed E-state index contributed by atoms with van der Waals surface area (Å²) >= 11 is 0. The number of hydrogen-bond donors (Lipinski definition) is 1. The summed E-state index contributed by atoms with van der Waals surface area (Å²) in [7, 11) is 0. The molecule has 1 aromatic heterocycles. The molecule has 7 heteroatoms. The first-order valence-electron chi connectivity index (χ1n) is 7.88. The number of hydrogen-bond acceptors (Lipinski definition) is 4. The Morgan fingerprint density at radius 3 is 2.31 bits per heavy atom. The maximum Gasteiger partial charge on any atom is 0.342 e. The van der Waals surface area contributed by atoms with Gasteiger partial charge in [-0.15, -0.1) is 0 Å². The maximum atomic E-state index is 12.9. The third kappa shape index (κ3) is 2.37. The highest BCUT2D eigenvalue weighted by molar-refractivity contribution is 6.07.